The summed E-state index contributed by atoms with van der Waals surface area (Å²) in [6.07, 6.45) is 4.27. The Morgan fingerprint density at radius 1 is 1.42 bits per heavy atom. The van der Waals surface area contributed by atoms with E-state index in [9.17, 15) is 4.79 Å². The molecule has 1 aliphatic heterocycles. The number of hydrogen-bond donors (Lipinski definition) is 2. The van der Waals surface area contributed by atoms with Crippen LogP contribution in [0, 0.1) is 5.41 Å². The molecular weight excluding hydrogens is 240 g/mol. The van der Waals surface area contributed by atoms with E-state index in [4.69, 9.17) is 10.5 Å². The van der Waals surface area contributed by atoms with Crippen LogP contribution in [-0.4, -0.2) is 25.6 Å². The number of fused-ring (bicyclic) bond motifs is 1. The van der Waals surface area contributed by atoms with Crippen LogP contribution in [0.15, 0.2) is 18.2 Å². The van der Waals surface area contributed by atoms with Gasteiger partial charge in [-0.25, -0.2) is 0 Å². The van der Waals surface area contributed by atoms with Crippen LogP contribution in [-0.2, 0) is 6.42 Å². The molecule has 4 nitrogen and oxygen atoms in total. The van der Waals surface area contributed by atoms with Crippen molar-refractivity contribution < 1.29 is 9.53 Å². The first-order chi connectivity index (χ1) is 9.22. The zero-order valence-electron chi connectivity index (χ0n) is 11.1. The van der Waals surface area contributed by atoms with Gasteiger partial charge in [0.15, 0.2) is 0 Å². The molecule has 102 valence electrons. The molecule has 1 saturated carbocycles. The molecule has 0 bridgehead atoms. The average Bonchev–Trinajstić information content (AvgIpc) is 3.25. The van der Waals surface area contributed by atoms with Crippen molar-refractivity contribution in [1.82, 2.24) is 5.32 Å². The Morgan fingerprint density at radius 2 is 2.26 bits per heavy atom. The molecule has 0 aromatic heterocycles. The van der Waals surface area contributed by atoms with Crippen LogP contribution in [0.2, 0.25) is 0 Å². The summed E-state index contributed by atoms with van der Waals surface area (Å²) < 4.78 is 5.55. The monoisotopic (exact) mass is 260 g/mol. The van der Waals surface area contributed by atoms with Crippen molar-refractivity contribution in [3.63, 3.8) is 0 Å². The highest BCUT2D eigenvalue weighted by molar-refractivity contribution is 5.94. The first kappa shape index (κ1) is 12.5. The van der Waals surface area contributed by atoms with E-state index >= 15 is 0 Å². The Morgan fingerprint density at radius 3 is 3.00 bits per heavy atom. The van der Waals surface area contributed by atoms with Crippen molar-refractivity contribution in [2.24, 2.45) is 11.1 Å². The number of aryl methyl sites for hydroxylation is 1. The van der Waals surface area contributed by atoms with Gasteiger partial charge in [0.05, 0.1) is 6.61 Å². The Balaban J connectivity index is 1.66. The minimum absolute atomic E-state index is 0.00639. The second-order valence-electron chi connectivity index (χ2n) is 5.66. The molecule has 3 N–H and O–H groups in total. The lowest BCUT2D eigenvalue weighted by Crippen LogP contribution is -2.33. The zero-order chi connectivity index (χ0) is 13.3. The lowest BCUT2D eigenvalue weighted by molar-refractivity contribution is 0.0945. The first-order valence-electron chi connectivity index (χ1n) is 6.96. The topological polar surface area (TPSA) is 64.3 Å². The van der Waals surface area contributed by atoms with E-state index in [0.717, 1.165) is 49.2 Å². The summed E-state index contributed by atoms with van der Waals surface area (Å²) in [7, 11) is 0. The number of carbonyl (C=O) groups excluding carboxylic acids is 1. The largest absolute Gasteiger partial charge is 0.493 e. The molecule has 0 atom stereocenters. The summed E-state index contributed by atoms with van der Waals surface area (Å²) in [5, 5.41) is 3.00. The van der Waals surface area contributed by atoms with Crippen LogP contribution in [0.1, 0.15) is 35.2 Å². The number of hydrogen-bond acceptors (Lipinski definition) is 3. The predicted molar refractivity (Wildman–Crippen MR) is 73.3 cm³/mol. The van der Waals surface area contributed by atoms with Gasteiger partial charge in [0, 0.05) is 17.5 Å². The quantitative estimate of drug-likeness (QED) is 0.862. The number of benzene rings is 1. The number of rotatable bonds is 4. The van der Waals surface area contributed by atoms with E-state index < -0.39 is 0 Å². The maximum atomic E-state index is 12.1. The van der Waals surface area contributed by atoms with E-state index in [1.807, 2.05) is 18.2 Å². The van der Waals surface area contributed by atoms with Gasteiger partial charge in [-0.2, -0.15) is 0 Å². The lowest BCUT2D eigenvalue weighted by Gasteiger charge is -2.18. The van der Waals surface area contributed by atoms with Crippen LogP contribution < -0.4 is 15.8 Å². The maximum absolute atomic E-state index is 12.1. The van der Waals surface area contributed by atoms with Crippen LogP contribution >= 0.6 is 0 Å². The molecule has 0 unspecified atom stereocenters. The summed E-state index contributed by atoms with van der Waals surface area (Å²) in [6.45, 7) is 2.12. The normalized spacial score (nSPS) is 19.2. The van der Waals surface area contributed by atoms with E-state index in [1.165, 1.54) is 0 Å². The standard InChI is InChI=1S/C15H20N2O2/c16-9-15(5-6-15)10-17-14(18)12-3-4-13-11(8-12)2-1-7-19-13/h3-4,8H,1-2,5-7,9-10,16H2,(H,17,18). The molecule has 4 heteroatoms. The van der Waals surface area contributed by atoms with Gasteiger partial charge in [-0.3, -0.25) is 4.79 Å². The molecule has 1 amide bonds. The highest BCUT2D eigenvalue weighted by Gasteiger charge is 2.41. The van der Waals surface area contributed by atoms with E-state index in [-0.39, 0.29) is 11.3 Å². The number of carbonyl (C=O) groups is 1. The molecule has 1 aromatic rings. The third-order valence-electron chi connectivity index (χ3n) is 4.18. The number of amides is 1. The second-order valence-corrected chi connectivity index (χ2v) is 5.66. The molecule has 1 heterocycles. The van der Waals surface area contributed by atoms with Crippen molar-refractivity contribution >= 4 is 5.91 Å². The van der Waals surface area contributed by atoms with Crippen LogP contribution in [0.3, 0.4) is 0 Å². The Labute approximate surface area is 113 Å². The SMILES string of the molecule is NCC1(CNC(=O)c2ccc3c(c2)CCCO3)CC1. The van der Waals surface area contributed by atoms with Gasteiger partial charge in [-0.05, 0) is 56.0 Å². The van der Waals surface area contributed by atoms with Crippen LogP contribution in [0.25, 0.3) is 0 Å². The predicted octanol–water partition coefficient (Wildman–Crippen LogP) is 1.48. The molecule has 0 saturated heterocycles. The van der Waals surface area contributed by atoms with Gasteiger partial charge in [0.25, 0.3) is 5.91 Å². The average molecular weight is 260 g/mol. The Kier molecular flexibility index (Phi) is 3.19. The van der Waals surface area contributed by atoms with Crippen molar-refractivity contribution in [2.45, 2.75) is 25.7 Å². The van der Waals surface area contributed by atoms with Gasteiger partial charge in [0.2, 0.25) is 0 Å². The summed E-state index contributed by atoms with van der Waals surface area (Å²) >= 11 is 0. The number of ether oxygens (including phenoxy) is 1. The molecule has 1 fully saturated rings. The molecule has 1 aliphatic carbocycles. The Hall–Kier alpha value is -1.55. The fourth-order valence-corrected chi connectivity index (χ4v) is 2.50. The highest BCUT2D eigenvalue weighted by Crippen LogP contribution is 2.43. The summed E-state index contributed by atoms with van der Waals surface area (Å²) in [6, 6.07) is 5.69. The molecule has 19 heavy (non-hydrogen) atoms. The minimum Gasteiger partial charge on any atom is -0.493 e. The van der Waals surface area contributed by atoms with Crippen LogP contribution in [0.5, 0.6) is 5.75 Å². The third-order valence-corrected chi connectivity index (χ3v) is 4.18. The van der Waals surface area contributed by atoms with Gasteiger partial charge < -0.3 is 15.8 Å². The van der Waals surface area contributed by atoms with Crippen LogP contribution in [0.4, 0.5) is 0 Å². The maximum Gasteiger partial charge on any atom is 0.251 e. The smallest absolute Gasteiger partial charge is 0.251 e. The summed E-state index contributed by atoms with van der Waals surface area (Å²) in [4.78, 5) is 12.1. The minimum atomic E-state index is -0.00639. The molecule has 2 aliphatic rings. The van der Waals surface area contributed by atoms with E-state index in [1.54, 1.807) is 0 Å². The zero-order valence-corrected chi connectivity index (χ0v) is 11.1. The van der Waals surface area contributed by atoms with E-state index in [2.05, 4.69) is 5.32 Å². The van der Waals surface area contributed by atoms with Crippen molar-refractivity contribution in [3.05, 3.63) is 29.3 Å². The van der Waals surface area contributed by atoms with Gasteiger partial charge >= 0.3 is 0 Å². The number of nitrogens with two attached hydrogens (primary N) is 1. The summed E-state index contributed by atoms with van der Waals surface area (Å²) in [5.41, 5.74) is 7.75. The molecule has 3 rings (SSSR count). The van der Waals surface area contributed by atoms with E-state index in [0.29, 0.717) is 13.1 Å². The molecule has 1 aromatic carbocycles. The fraction of sp³-hybridized carbons (Fsp3) is 0.533. The molecule has 0 radical (unpaired) electrons. The third kappa shape index (κ3) is 2.59. The fourth-order valence-electron chi connectivity index (χ4n) is 2.50. The van der Waals surface area contributed by atoms with Crippen molar-refractivity contribution in [3.8, 4) is 5.75 Å². The first-order valence-corrected chi connectivity index (χ1v) is 6.96. The van der Waals surface area contributed by atoms with Crippen molar-refractivity contribution in [1.29, 1.82) is 0 Å². The van der Waals surface area contributed by atoms with Gasteiger partial charge in [-0.1, -0.05) is 0 Å². The van der Waals surface area contributed by atoms with Crippen molar-refractivity contribution in [2.75, 3.05) is 19.7 Å². The van der Waals surface area contributed by atoms with Gasteiger partial charge in [-0.15, -0.1) is 0 Å². The molecule has 0 spiro atoms. The summed E-state index contributed by atoms with van der Waals surface area (Å²) in [5.74, 6) is 0.913. The Bertz CT molecular complexity index is 495. The number of nitrogens with one attached hydrogen (secondary N) is 1. The van der Waals surface area contributed by atoms with Gasteiger partial charge in [0.1, 0.15) is 5.75 Å². The highest BCUT2D eigenvalue weighted by atomic mass is 16.5. The lowest BCUT2D eigenvalue weighted by atomic mass is 10.0. The second kappa shape index (κ2) is 4.85. The molecular formula is C15H20N2O2.